The third kappa shape index (κ3) is 7.90. The van der Waals surface area contributed by atoms with Crippen molar-refractivity contribution in [1.82, 2.24) is 10.2 Å². The van der Waals surface area contributed by atoms with Crippen LogP contribution in [0.1, 0.15) is 38.3 Å². The Labute approximate surface area is 188 Å². The molecule has 5 nitrogen and oxygen atoms in total. The lowest BCUT2D eigenvalue weighted by molar-refractivity contribution is -0.138. The fraction of sp³-hybridized carbons (Fsp3) is 0.417. The summed E-state index contributed by atoms with van der Waals surface area (Å²) in [6.45, 7) is 6.03. The highest BCUT2D eigenvalue weighted by molar-refractivity contribution is 7.99. The van der Waals surface area contributed by atoms with Crippen LogP contribution < -0.4 is 10.1 Å². The summed E-state index contributed by atoms with van der Waals surface area (Å²) in [6.07, 6.45) is 0.818. The van der Waals surface area contributed by atoms with Crippen LogP contribution in [-0.4, -0.2) is 41.7 Å². The number of hydrogen-bond donors (Lipinski definition) is 1. The first-order valence-corrected chi connectivity index (χ1v) is 11.5. The zero-order valence-corrected chi connectivity index (χ0v) is 19.4. The summed E-state index contributed by atoms with van der Waals surface area (Å²) in [5, 5.41) is 2.96. The van der Waals surface area contributed by atoms with Gasteiger partial charge >= 0.3 is 0 Å². The summed E-state index contributed by atoms with van der Waals surface area (Å²) < 4.78 is 18.3. The molecule has 2 aromatic rings. The van der Waals surface area contributed by atoms with E-state index in [1.807, 2.05) is 38.1 Å². The Morgan fingerprint density at radius 3 is 2.26 bits per heavy atom. The van der Waals surface area contributed by atoms with Crippen molar-refractivity contribution < 1.29 is 18.7 Å². The monoisotopic (exact) mass is 446 g/mol. The van der Waals surface area contributed by atoms with Crippen molar-refractivity contribution in [3.05, 3.63) is 65.5 Å². The number of nitrogens with zero attached hydrogens (tertiary/aromatic N) is 1. The third-order valence-electron chi connectivity index (χ3n) is 5.09. The molecule has 2 atom stereocenters. The Balaban J connectivity index is 2.07. The molecule has 0 aromatic heterocycles. The van der Waals surface area contributed by atoms with E-state index in [-0.39, 0.29) is 29.4 Å². The molecule has 7 heteroatoms. The molecule has 0 spiro atoms. The van der Waals surface area contributed by atoms with Crippen LogP contribution in [0.25, 0.3) is 0 Å². The number of hydrogen-bond acceptors (Lipinski definition) is 4. The van der Waals surface area contributed by atoms with Crippen LogP contribution in [0, 0.1) is 5.82 Å². The second kappa shape index (κ2) is 12.3. The fourth-order valence-electron chi connectivity index (χ4n) is 2.90. The molecule has 0 aliphatic rings. The van der Waals surface area contributed by atoms with E-state index in [2.05, 4.69) is 5.32 Å². The van der Waals surface area contributed by atoms with Crippen LogP contribution in [0.4, 0.5) is 4.39 Å². The van der Waals surface area contributed by atoms with Crippen LogP contribution in [0.3, 0.4) is 0 Å². The lowest BCUT2D eigenvalue weighted by Crippen LogP contribution is -2.50. The summed E-state index contributed by atoms with van der Waals surface area (Å²) in [4.78, 5) is 27.4. The molecule has 0 bridgehead atoms. The van der Waals surface area contributed by atoms with Crippen molar-refractivity contribution in [2.75, 3.05) is 12.9 Å². The van der Waals surface area contributed by atoms with Crippen molar-refractivity contribution in [3.8, 4) is 5.75 Å². The maximum Gasteiger partial charge on any atom is 0.242 e. The minimum absolute atomic E-state index is 0.0424. The topological polar surface area (TPSA) is 58.6 Å². The van der Waals surface area contributed by atoms with Gasteiger partial charge in [0.2, 0.25) is 11.8 Å². The number of amides is 2. The van der Waals surface area contributed by atoms with E-state index >= 15 is 0 Å². The standard InChI is InChI=1S/C24H31FN2O3S/c1-5-17(2)26-24(29)18(3)27(14-19-8-12-22(30-4)13-9-19)23(28)16-31-15-20-6-10-21(25)11-7-20/h6-13,17-18H,5,14-16H2,1-4H3,(H,26,29)/t17-,18-/m0/s1. The maximum absolute atomic E-state index is 13.1. The highest BCUT2D eigenvalue weighted by Crippen LogP contribution is 2.18. The molecule has 168 valence electrons. The number of methoxy groups -OCH3 is 1. The minimum Gasteiger partial charge on any atom is -0.497 e. The van der Waals surface area contributed by atoms with Gasteiger partial charge < -0.3 is 15.0 Å². The van der Waals surface area contributed by atoms with Crippen molar-refractivity contribution in [1.29, 1.82) is 0 Å². The molecule has 31 heavy (non-hydrogen) atoms. The van der Waals surface area contributed by atoms with Crippen LogP contribution in [0.5, 0.6) is 5.75 Å². The predicted molar refractivity (Wildman–Crippen MR) is 123 cm³/mol. The number of benzene rings is 2. The molecule has 2 rings (SSSR count). The van der Waals surface area contributed by atoms with Gasteiger partial charge in [0.15, 0.2) is 0 Å². The zero-order chi connectivity index (χ0) is 22.8. The van der Waals surface area contributed by atoms with E-state index in [1.165, 1.54) is 23.9 Å². The van der Waals surface area contributed by atoms with Gasteiger partial charge in [-0.1, -0.05) is 31.2 Å². The molecule has 0 aliphatic carbocycles. The Kier molecular flexibility index (Phi) is 9.85. The third-order valence-corrected chi connectivity index (χ3v) is 6.08. The first-order valence-electron chi connectivity index (χ1n) is 10.4. The van der Waals surface area contributed by atoms with Gasteiger partial charge in [0.25, 0.3) is 0 Å². The van der Waals surface area contributed by atoms with E-state index in [4.69, 9.17) is 4.74 Å². The van der Waals surface area contributed by atoms with Crippen LogP contribution in [0.15, 0.2) is 48.5 Å². The smallest absolute Gasteiger partial charge is 0.242 e. The van der Waals surface area contributed by atoms with E-state index in [9.17, 15) is 14.0 Å². The predicted octanol–water partition coefficient (Wildman–Crippen LogP) is 4.40. The zero-order valence-electron chi connectivity index (χ0n) is 18.6. The molecular formula is C24H31FN2O3S. The average molecular weight is 447 g/mol. The molecule has 0 fully saturated rings. The number of thioether (sulfide) groups is 1. The van der Waals surface area contributed by atoms with Gasteiger partial charge in [0.05, 0.1) is 12.9 Å². The van der Waals surface area contributed by atoms with E-state index in [0.717, 1.165) is 23.3 Å². The van der Waals surface area contributed by atoms with Gasteiger partial charge in [-0.3, -0.25) is 9.59 Å². The fourth-order valence-corrected chi connectivity index (χ4v) is 3.77. The Hall–Kier alpha value is -2.54. The largest absolute Gasteiger partial charge is 0.497 e. The first-order chi connectivity index (χ1) is 14.8. The molecule has 0 aliphatic heterocycles. The van der Waals surface area contributed by atoms with Gasteiger partial charge in [0.1, 0.15) is 17.6 Å². The summed E-state index contributed by atoms with van der Waals surface area (Å²) in [5.74, 6) is 0.995. The summed E-state index contributed by atoms with van der Waals surface area (Å²) in [6, 6.07) is 13.2. The Morgan fingerprint density at radius 1 is 1.06 bits per heavy atom. The highest BCUT2D eigenvalue weighted by Gasteiger charge is 2.26. The SMILES string of the molecule is CC[C@H](C)NC(=O)[C@H](C)N(Cc1ccc(OC)cc1)C(=O)CSCc1ccc(F)cc1. The Morgan fingerprint density at radius 2 is 1.68 bits per heavy atom. The van der Waals surface area contributed by atoms with Crippen molar-refractivity contribution >= 4 is 23.6 Å². The van der Waals surface area contributed by atoms with Crippen molar-refractivity contribution in [2.45, 2.75) is 51.6 Å². The lowest BCUT2D eigenvalue weighted by atomic mass is 10.1. The van der Waals surface area contributed by atoms with Gasteiger partial charge in [-0.2, -0.15) is 0 Å². The second-order valence-electron chi connectivity index (χ2n) is 7.48. The molecule has 1 N–H and O–H groups in total. The number of ether oxygens (including phenoxy) is 1. The number of nitrogens with one attached hydrogen (secondary N) is 1. The Bertz CT molecular complexity index is 843. The maximum atomic E-state index is 13.1. The van der Waals surface area contributed by atoms with Gasteiger partial charge in [-0.15, -0.1) is 11.8 Å². The molecule has 0 saturated heterocycles. The number of rotatable bonds is 11. The van der Waals surface area contributed by atoms with Gasteiger partial charge in [-0.25, -0.2) is 4.39 Å². The lowest BCUT2D eigenvalue weighted by Gasteiger charge is -2.29. The van der Waals surface area contributed by atoms with E-state index in [1.54, 1.807) is 31.1 Å². The molecule has 2 aromatic carbocycles. The molecular weight excluding hydrogens is 415 g/mol. The van der Waals surface area contributed by atoms with Gasteiger partial charge in [0, 0.05) is 18.3 Å². The molecule has 2 amide bonds. The average Bonchev–Trinajstić information content (AvgIpc) is 2.78. The normalized spacial score (nSPS) is 12.7. The first kappa shape index (κ1) is 24.7. The van der Waals surface area contributed by atoms with Crippen LogP contribution >= 0.6 is 11.8 Å². The van der Waals surface area contributed by atoms with Gasteiger partial charge in [-0.05, 0) is 55.7 Å². The molecule has 0 heterocycles. The molecule has 0 unspecified atom stereocenters. The van der Waals surface area contributed by atoms with E-state index in [0.29, 0.717) is 12.3 Å². The van der Waals surface area contributed by atoms with E-state index < -0.39 is 6.04 Å². The number of carbonyl (C=O) groups is 2. The number of carbonyl (C=O) groups excluding carboxylic acids is 2. The molecule has 0 radical (unpaired) electrons. The summed E-state index contributed by atoms with van der Waals surface area (Å²) >= 11 is 1.45. The minimum atomic E-state index is -0.602. The summed E-state index contributed by atoms with van der Waals surface area (Å²) in [7, 11) is 1.60. The molecule has 0 saturated carbocycles. The van der Waals surface area contributed by atoms with Crippen molar-refractivity contribution in [2.24, 2.45) is 0 Å². The number of halogens is 1. The van der Waals surface area contributed by atoms with Crippen molar-refractivity contribution in [3.63, 3.8) is 0 Å². The highest BCUT2D eigenvalue weighted by atomic mass is 32.2. The summed E-state index contributed by atoms with van der Waals surface area (Å²) in [5.41, 5.74) is 1.87. The second-order valence-corrected chi connectivity index (χ2v) is 8.47. The quantitative estimate of drug-likeness (QED) is 0.556. The van der Waals surface area contributed by atoms with Crippen LogP contribution in [-0.2, 0) is 21.9 Å². The van der Waals surface area contributed by atoms with Crippen LogP contribution in [0.2, 0.25) is 0 Å².